The summed E-state index contributed by atoms with van der Waals surface area (Å²) in [7, 11) is -3.81. The van der Waals surface area contributed by atoms with Gasteiger partial charge in [0.05, 0.1) is 4.90 Å². The Morgan fingerprint density at radius 2 is 1.67 bits per heavy atom. The molecule has 0 fully saturated rings. The molecule has 0 radical (unpaired) electrons. The van der Waals surface area contributed by atoms with Gasteiger partial charge in [0.15, 0.2) is 0 Å². The molecule has 1 amide bonds. The smallest absolute Gasteiger partial charge is 0.238 e. The van der Waals surface area contributed by atoms with E-state index in [2.05, 4.69) is 23.2 Å². The average molecular weight is 420 g/mol. The summed E-state index contributed by atoms with van der Waals surface area (Å²) in [5, 5.41) is 5.28. The summed E-state index contributed by atoms with van der Waals surface area (Å²) < 4.78 is 23.5. The van der Waals surface area contributed by atoms with E-state index in [0.717, 1.165) is 23.1 Å². The molecule has 2 aromatic carbocycles. The van der Waals surface area contributed by atoms with E-state index in [1.807, 2.05) is 12.1 Å². The van der Waals surface area contributed by atoms with Gasteiger partial charge in [-0.25, -0.2) is 13.6 Å². The van der Waals surface area contributed by atoms with Crippen LogP contribution < -0.4 is 10.0 Å². The number of carbonyl (C=O) groups excluding carboxylic acids is 1. The number of benzene rings is 2. The quantitative estimate of drug-likeness (QED) is 0.706. The molecule has 2 heterocycles. The lowest BCUT2D eigenvalue weighted by Crippen LogP contribution is -2.35. The van der Waals surface area contributed by atoms with Crippen molar-refractivity contribution in [3.05, 3.63) is 77.6 Å². The lowest BCUT2D eigenvalue weighted by Gasteiger charge is -2.21. The van der Waals surface area contributed by atoms with Gasteiger partial charge in [-0.15, -0.1) is 0 Å². The Balaban J connectivity index is 1.40. The van der Waals surface area contributed by atoms with Crippen molar-refractivity contribution in [2.75, 3.05) is 11.4 Å². The Hall–Kier alpha value is -3.03. The molecule has 0 unspecified atom stereocenters. The van der Waals surface area contributed by atoms with Crippen LogP contribution >= 0.6 is 0 Å². The highest BCUT2D eigenvalue weighted by Gasteiger charge is 2.34. The highest BCUT2D eigenvalue weighted by Crippen LogP contribution is 2.36. The Kier molecular flexibility index (Phi) is 4.45. The minimum absolute atomic E-state index is 0.0395. The lowest BCUT2D eigenvalue weighted by molar-refractivity contribution is -0.122. The first kappa shape index (κ1) is 19.0. The molecule has 0 saturated carbocycles. The molecule has 2 N–H and O–H groups in total. The first-order valence-corrected chi connectivity index (χ1v) is 11.4. The molecule has 3 aromatic rings. The molecule has 6 nitrogen and oxygen atoms in total. The molecular weight excluding hydrogens is 398 g/mol. The fourth-order valence-electron chi connectivity index (χ4n) is 4.50. The molecule has 152 valence electrons. The van der Waals surface area contributed by atoms with Gasteiger partial charge in [-0.05, 0) is 71.3 Å². The summed E-state index contributed by atoms with van der Waals surface area (Å²) in [6.07, 6.45) is 5.65. The van der Waals surface area contributed by atoms with Gasteiger partial charge in [-0.1, -0.05) is 24.3 Å². The molecule has 0 spiro atoms. The number of nitrogens with zero attached hydrogens (tertiary/aromatic N) is 2. The third kappa shape index (κ3) is 3.30. The fourth-order valence-corrected chi connectivity index (χ4v) is 5.04. The number of aromatic nitrogens is 1. The Labute approximate surface area is 175 Å². The molecule has 1 aromatic heterocycles. The van der Waals surface area contributed by atoms with Crippen molar-refractivity contribution in [3.8, 4) is 11.1 Å². The van der Waals surface area contributed by atoms with Crippen LogP contribution in [0.1, 0.15) is 16.7 Å². The van der Waals surface area contributed by atoms with E-state index in [0.29, 0.717) is 25.1 Å². The predicted molar refractivity (Wildman–Crippen MR) is 114 cm³/mol. The number of anilines is 1. The number of amides is 1. The molecule has 0 saturated heterocycles. The number of rotatable bonds is 3. The second-order valence-electron chi connectivity index (χ2n) is 7.90. The van der Waals surface area contributed by atoms with Gasteiger partial charge in [-0.2, -0.15) is 0 Å². The van der Waals surface area contributed by atoms with Crippen molar-refractivity contribution in [1.29, 1.82) is 0 Å². The summed E-state index contributed by atoms with van der Waals surface area (Å²) in [5.74, 6) is -0.0984. The standard InChI is InChI=1S/C23H21N3O3S/c24-30(28,29)21-4-3-16-7-10-26(22(16)14-21)23(27)20-12-18-2-1-17(11-19(18)13-20)15-5-8-25-9-6-15/h1-6,8-9,11,14,20H,7,10,12-13H2,(H2,24,28,29)/t20-/m1/s1. The van der Waals surface area contributed by atoms with Crippen LogP contribution in [-0.2, 0) is 34.1 Å². The summed E-state index contributed by atoms with van der Waals surface area (Å²) in [4.78, 5) is 19.2. The second kappa shape index (κ2) is 7.04. The Bertz CT molecular complexity index is 1260. The predicted octanol–water partition coefficient (Wildman–Crippen LogP) is 2.70. The monoisotopic (exact) mass is 419 g/mol. The molecule has 30 heavy (non-hydrogen) atoms. The average Bonchev–Trinajstić information content (AvgIpc) is 3.36. The lowest BCUT2D eigenvalue weighted by atomic mass is 10.0. The number of primary sulfonamides is 1. The molecule has 1 atom stereocenters. The number of fused-ring (bicyclic) bond motifs is 2. The van der Waals surface area contributed by atoms with Crippen LogP contribution in [0, 0.1) is 5.92 Å². The third-order valence-electron chi connectivity index (χ3n) is 6.05. The number of carbonyl (C=O) groups is 1. The van der Waals surface area contributed by atoms with Crippen LogP contribution in [-0.4, -0.2) is 25.9 Å². The fraction of sp³-hybridized carbons (Fsp3) is 0.217. The van der Waals surface area contributed by atoms with Crippen LogP contribution in [0.15, 0.2) is 65.8 Å². The zero-order chi connectivity index (χ0) is 20.9. The zero-order valence-electron chi connectivity index (χ0n) is 16.3. The number of pyridine rings is 1. The summed E-state index contributed by atoms with van der Waals surface area (Å²) in [5.41, 5.74) is 6.26. The molecule has 1 aliphatic heterocycles. The molecule has 1 aliphatic carbocycles. The largest absolute Gasteiger partial charge is 0.312 e. The number of sulfonamides is 1. The summed E-state index contributed by atoms with van der Waals surface area (Å²) in [6.45, 7) is 0.567. The van der Waals surface area contributed by atoms with Crippen molar-refractivity contribution in [1.82, 2.24) is 4.98 Å². The van der Waals surface area contributed by atoms with E-state index in [1.165, 1.54) is 23.3 Å². The van der Waals surface area contributed by atoms with Crippen LogP contribution in [0.25, 0.3) is 11.1 Å². The highest BCUT2D eigenvalue weighted by atomic mass is 32.2. The van der Waals surface area contributed by atoms with E-state index in [9.17, 15) is 13.2 Å². The van der Waals surface area contributed by atoms with Crippen LogP contribution in [0.2, 0.25) is 0 Å². The molecule has 2 aliphatic rings. The van der Waals surface area contributed by atoms with Gasteiger partial charge in [0.2, 0.25) is 15.9 Å². The van der Waals surface area contributed by atoms with E-state index >= 15 is 0 Å². The van der Waals surface area contributed by atoms with E-state index < -0.39 is 10.0 Å². The maximum Gasteiger partial charge on any atom is 0.238 e. The first-order valence-electron chi connectivity index (χ1n) is 9.89. The van der Waals surface area contributed by atoms with Crippen molar-refractivity contribution in [2.45, 2.75) is 24.2 Å². The Morgan fingerprint density at radius 3 is 2.43 bits per heavy atom. The van der Waals surface area contributed by atoms with Gasteiger partial charge in [0.25, 0.3) is 0 Å². The number of nitrogens with two attached hydrogens (primary N) is 1. The minimum Gasteiger partial charge on any atom is -0.312 e. The van der Waals surface area contributed by atoms with Crippen molar-refractivity contribution < 1.29 is 13.2 Å². The zero-order valence-corrected chi connectivity index (χ0v) is 17.1. The van der Waals surface area contributed by atoms with Gasteiger partial charge in [-0.3, -0.25) is 9.78 Å². The number of hydrogen-bond donors (Lipinski definition) is 1. The van der Waals surface area contributed by atoms with E-state index in [4.69, 9.17) is 5.14 Å². The van der Waals surface area contributed by atoms with E-state index in [-0.39, 0.29) is 16.7 Å². The number of hydrogen-bond acceptors (Lipinski definition) is 4. The van der Waals surface area contributed by atoms with Crippen LogP contribution in [0.3, 0.4) is 0 Å². The second-order valence-corrected chi connectivity index (χ2v) is 9.46. The maximum atomic E-state index is 13.3. The van der Waals surface area contributed by atoms with Crippen LogP contribution in [0.5, 0.6) is 0 Å². The molecular formula is C23H21N3O3S. The van der Waals surface area contributed by atoms with Crippen molar-refractivity contribution in [3.63, 3.8) is 0 Å². The summed E-state index contributed by atoms with van der Waals surface area (Å²) >= 11 is 0. The van der Waals surface area contributed by atoms with Crippen LogP contribution in [0.4, 0.5) is 5.69 Å². The van der Waals surface area contributed by atoms with E-state index in [1.54, 1.807) is 23.4 Å². The Morgan fingerprint density at radius 1 is 0.933 bits per heavy atom. The molecule has 7 heteroatoms. The highest BCUT2D eigenvalue weighted by molar-refractivity contribution is 7.89. The van der Waals surface area contributed by atoms with Crippen molar-refractivity contribution in [2.24, 2.45) is 11.1 Å². The van der Waals surface area contributed by atoms with Gasteiger partial charge >= 0.3 is 0 Å². The summed E-state index contributed by atoms with van der Waals surface area (Å²) in [6, 6.07) is 15.1. The topological polar surface area (TPSA) is 93.4 Å². The van der Waals surface area contributed by atoms with Gasteiger partial charge in [0.1, 0.15) is 0 Å². The van der Waals surface area contributed by atoms with Gasteiger partial charge < -0.3 is 4.90 Å². The minimum atomic E-state index is -3.81. The maximum absolute atomic E-state index is 13.3. The normalized spacial score (nSPS) is 17.6. The first-order chi connectivity index (χ1) is 14.4. The van der Waals surface area contributed by atoms with Gasteiger partial charge in [0, 0.05) is 30.5 Å². The molecule has 5 rings (SSSR count). The van der Waals surface area contributed by atoms with Crippen molar-refractivity contribution >= 4 is 21.6 Å². The third-order valence-corrected chi connectivity index (χ3v) is 6.96. The molecule has 0 bridgehead atoms. The SMILES string of the molecule is NS(=O)(=O)c1ccc2c(c1)N(C(=O)[C@@H]1Cc3ccc(-c4ccncc4)cc3C1)CC2.